The number of amides is 1. The number of benzene rings is 2. The Hall–Kier alpha value is -3.67. The van der Waals surface area contributed by atoms with Crippen LogP contribution in [0.5, 0.6) is 5.75 Å². The number of nitrogens with one attached hydrogen (secondary N) is 1. The van der Waals surface area contributed by atoms with Crippen LogP contribution in [0.1, 0.15) is 80.0 Å². The van der Waals surface area contributed by atoms with Crippen molar-refractivity contribution in [2.24, 2.45) is 0 Å². The summed E-state index contributed by atoms with van der Waals surface area (Å²) in [6.07, 6.45) is 9.95. The number of carbonyl (C=O) groups is 2. The maximum Gasteiger partial charge on any atom is 0.305 e. The van der Waals surface area contributed by atoms with Crippen molar-refractivity contribution in [2.75, 3.05) is 6.54 Å². The second-order valence-electron chi connectivity index (χ2n) is 8.94. The lowest BCUT2D eigenvalue weighted by Gasteiger charge is -2.20. The number of nitrogens with zero attached hydrogens (tertiary/aromatic N) is 1. The first-order chi connectivity index (χ1) is 17.5. The van der Waals surface area contributed by atoms with Crippen LogP contribution in [0.25, 0.3) is 11.1 Å². The molecular formula is C30H36N2O4. The molecule has 2 N–H and O–H groups in total. The van der Waals surface area contributed by atoms with Crippen molar-refractivity contribution < 1.29 is 19.4 Å². The SMILES string of the molecule is CCCCCCC(Oc1ccc(C(=O)NCCC(=O)O)cc1)c1cncc(-c2ccc(CC)cc2)c1. The zero-order valence-corrected chi connectivity index (χ0v) is 21.2. The van der Waals surface area contributed by atoms with E-state index in [0.717, 1.165) is 42.4 Å². The lowest BCUT2D eigenvalue weighted by Crippen LogP contribution is -2.25. The summed E-state index contributed by atoms with van der Waals surface area (Å²) >= 11 is 0. The molecule has 36 heavy (non-hydrogen) atoms. The van der Waals surface area contributed by atoms with Gasteiger partial charge >= 0.3 is 5.97 Å². The van der Waals surface area contributed by atoms with Crippen LogP contribution in [0.15, 0.2) is 67.0 Å². The third kappa shape index (κ3) is 8.22. The summed E-state index contributed by atoms with van der Waals surface area (Å²) in [4.78, 5) is 27.4. The minimum absolute atomic E-state index is 0.0940. The minimum atomic E-state index is -0.944. The Balaban J connectivity index is 1.74. The van der Waals surface area contributed by atoms with Crippen LogP contribution in [0.4, 0.5) is 0 Å². The van der Waals surface area contributed by atoms with Gasteiger partial charge in [-0.1, -0.05) is 57.4 Å². The molecule has 0 fully saturated rings. The van der Waals surface area contributed by atoms with Gasteiger partial charge in [0, 0.05) is 35.6 Å². The van der Waals surface area contributed by atoms with Gasteiger partial charge in [0.05, 0.1) is 6.42 Å². The van der Waals surface area contributed by atoms with E-state index in [-0.39, 0.29) is 25.0 Å². The van der Waals surface area contributed by atoms with Gasteiger partial charge in [-0.05, 0) is 60.7 Å². The highest BCUT2D eigenvalue weighted by atomic mass is 16.5. The summed E-state index contributed by atoms with van der Waals surface area (Å²) in [5, 5.41) is 11.3. The standard InChI is InChI=1S/C30H36N2O4/c1-3-5-6-7-8-28(26-19-25(20-31-21-26)23-11-9-22(4-2)10-12-23)36-27-15-13-24(14-16-27)30(35)32-18-17-29(33)34/h9-16,19-21,28H,3-8,17-18H2,1-2H3,(H,32,35)(H,33,34). The first kappa shape index (κ1) is 26.9. The van der Waals surface area contributed by atoms with Gasteiger partial charge in [0.15, 0.2) is 0 Å². The Labute approximate surface area is 213 Å². The predicted octanol–water partition coefficient (Wildman–Crippen LogP) is 6.61. The number of aliphatic carboxylic acids is 1. The zero-order valence-electron chi connectivity index (χ0n) is 21.2. The van der Waals surface area contributed by atoms with Gasteiger partial charge in [0.25, 0.3) is 5.91 Å². The maximum absolute atomic E-state index is 12.2. The summed E-state index contributed by atoms with van der Waals surface area (Å²) in [5.41, 5.74) is 4.99. The molecule has 1 amide bonds. The molecule has 0 radical (unpaired) electrons. The van der Waals surface area contributed by atoms with E-state index < -0.39 is 5.97 Å². The van der Waals surface area contributed by atoms with E-state index >= 15 is 0 Å². The summed E-state index contributed by atoms with van der Waals surface area (Å²) in [5.74, 6) is -0.569. The van der Waals surface area contributed by atoms with Crippen molar-refractivity contribution in [1.29, 1.82) is 0 Å². The molecule has 1 atom stereocenters. The molecule has 0 bridgehead atoms. The lowest BCUT2D eigenvalue weighted by molar-refractivity contribution is -0.136. The molecule has 6 nitrogen and oxygen atoms in total. The average molecular weight is 489 g/mol. The smallest absolute Gasteiger partial charge is 0.305 e. The highest BCUT2D eigenvalue weighted by Crippen LogP contribution is 2.30. The highest BCUT2D eigenvalue weighted by molar-refractivity contribution is 5.94. The summed E-state index contributed by atoms with van der Waals surface area (Å²) < 4.78 is 6.41. The fraction of sp³-hybridized carbons (Fsp3) is 0.367. The van der Waals surface area contributed by atoms with Crippen LogP contribution >= 0.6 is 0 Å². The minimum Gasteiger partial charge on any atom is -0.486 e. The zero-order chi connectivity index (χ0) is 25.8. The summed E-state index contributed by atoms with van der Waals surface area (Å²) in [7, 11) is 0. The van der Waals surface area contributed by atoms with Crippen LogP contribution in [-0.4, -0.2) is 28.5 Å². The number of rotatable bonds is 14. The number of ether oxygens (including phenoxy) is 1. The number of hydrogen-bond acceptors (Lipinski definition) is 4. The van der Waals surface area contributed by atoms with Crippen LogP contribution in [0.2, 0.25) is 0 Å². The van der Waals surface area contributed by atoms with Gasteiger partial charge in [-0.15, -0.1) is 0 Å². The van der Waals surface area contributed by atoms with E-state index in [0.29, 0.717) is 11.3 Å². The predicted molar refractivity (Wildman–Crippen MR) is 142 cm³/mol. The van der Waals surface area contributed by atoms with Gasteiger partial charge in [0.2, 0.25) is 0 Å². The number of carbonyl (C=O) groups excluding carboxylic acids is 1. The number of aryl methyl sites for hydroxylation is 1. The monoisotopic (exact) mass is 488 g/mol. The van der Waals surface area contributed by atoms with E-state index in [1.807, 2.05) is 12.4 Å². The van der Waals surface area contributed by atoms with Crippen LogP contribution in [0, 0.1) is 0 Å². The maximum atomic E-state index is 12.2. The van der Waals surface area contributed by atoms with E-state index in [1.54, 1.807) is 24.3 Å². The molecule has 3 rings (SSSR count). The Kier molecular flexibility index (Phi) is 10.5. The molecule has 0 spiro atoms. The number of aromatic nitrogens is 1. The van der Waals surface area contributed by atoms with Gasteiger partial charge < -0.3 is 15.2 Å². The molecule has 1 aromatic heterocycles. The second-order valence-corrected chi connectivity index (χ2v) is 8.94. The van der Waals surface area contributed by atoms with Gasteiger partial charge in [-0.3, -0.25) is 14.6 Å². The molecule has 0 aliphatic carbocycles. The van der Waals surface area contributed by atoms with Crippen LogP contribution in [-0.2, 0) is 11.2 Å². The molecule has 1 heterocycles. The first-order valence-corrected chi connectivity index (χ1v) is 12.8. The van der Waals surface area contributed by atoms with E-state index in [4.69, 9.17) is 9.84 Å². The molecule has 0 saturated heterocycles. The summed E-state index contributed by atoms with van der Waals surface area (Å²) in [6, 6.07) is 17.7. The Morgan fingerprint density at radius 1 is 0.944 bits per heavy atom. The summed E-state index contributed by atoms with van der Waals surface area (Å²) in [6.45, 7) is 4.44. The molecular weight excluding hydrogens is 452 g/mol. The van der Waals surface area contributed by atoms with Gasteiger partial charge in [0.1, 0.15) is 11.9 Å². The quantitative estimate of drug-likeness (QED) is 0.249. The van der Waals surface area contributed by atoms with Crippen molar-refractivity contribution in [2.45, 2.75) is 64.9 Å². The number of carboxylic acids is 1. The van der Waals surface area contributed by atoms with Gasteiger partial charge in [-0.25, -0.2) is 0 Å². The number of pyridine rings is 1. The molecule has 0 saturated carbocycles. The van der Waals surface area contributed by atoms with Gasteiger partial charge in [-0.2, -0.15) is 0 Å². The first-order valence-electron chi connectivity index (χ1n) is 12.8. The fourth-order valence-electron chi connectivity index (χ4n) is 4.01. The van der Waals surface area contributed by atoms with E-state index in [1.165, 1.54) is 18.4 Å². The van der Waals surface area contributed by atoms with Crippen LogP contribution in [0.3, 0.4) is 0 Å². The number of hydrogen-bond donors (Lipinski definition) is 2. The molecule has 2 aromatic carbocycles. The van der Waals surface area contributed by atoms with Crippen molar-refractivity contribution >= 4 is 11.9 Å². The molecule has 0 aliphatic heterocycles. The van der Waals surface area contributed by atoms with Crippen molar-refractivity contribution in [3.05, 3.63) is 83.7 Å². The third-order valence-electron chi connectivity index (χ3n) is 6.17. The van der Waals surface area contributed by atoms with Crippen molar-refractivity contribution in [3.63, 3.8) is 0 Å². The molecule has 190 valence electrons. The average Bonchev–Trinajstić information content (AvgIpc) is 2.90. The fourth-order valence-corrected chi connectivity index (χ4v) is 4.01. The molecule has 3 aromatic rings. The molecule has 6 heteroatoms. The van der Waals surface area contributed by atoms with Crippen molar-refractivity contribution in [3.8, 4) is 16.9 Å². The molecule has 0 aliphatic rings. The second kappa shape index (κ2) is 14.0. The number of unbranched alkanes of at least 4 members (excludes halogenated alkanes) is 3. The lowest BCUT2D eigenvalue weighted by atomic mass is 9.99. The Morgan fingerprint density at radius 2 is 1.69 bits per heavy atom. The highest BCUT2D eigenvalue weighted by Gasteiger charge is 2.16. The Morgan fingerprint density at radius 3 is 2.36 bits per heavy atom. The van der Waals surface area contributed by atoms with E-state index in [9.17, 15) is 9.59 Å². The third-order valence-corrected chi connectivity index (χ3v) is 6.17. The normalized spacial score (nSPS) is 11.6. The molecule has 1 unspecified atom stereocenters. The largest absolute Gasteiger partial charge is 0.486 e. The van der Waals surface area contributed by atoms with Crippen molar-refractivity contribution in [1.82, 2.24) is 10.3 Å². The van der Waals surface area contributed by atoms with E-state index in [2.05, 4.69) is 54.5 Å². The van der Waals surface area contributed by atoms with Crippen LogP contribution < -0.4 is 10.1 Å². The Bertz CT molecular complexity index is 1110. The number of carboxylic acid groups (broad SMARTS) is 1. The topological polar surface area (TPSA) is 88.5 Å².